The van der Waals surface area contributed by atoms with Crippen molar-refractivity contribution in [1.82, 2.24) is 10.3 Å². The van der Waals surface area contributed by atoms with Crippen molar-refractivity contribution in [2.75, 3.05) is 0 Å². The Morgan fingerprint density at radius 3 is 2.67 bits per heavy atom. The minimum Gasteiger partial charge on any atom is -0.481 e. The van der Waals surface area contributed by atoms with Crippen molar-refractivity contribution in [2.24, 2.45) is 11.8 Å². The van der Waals surface area contributed by atoms with E-state index in [-0.39, 0.29) is 29.2 Å². The van der Waals surface area contributed by atoms with E-state index in [2.05, 4.69) is 10.3 Å². The molecular formula is C19H22F3N3O2. The maximum Gasteiger partial charge on any atom is 0.425 e. The Hall–Kier alpha value is -2.12. The van der Waals surface area contributed by atoms with Gasteiger partial charge in [-0.3, -0.25) is 9.78 Å². The molecule has 3 saturated carbocycles. The highest BCUT2D eigenvalue weighted by molar-refractivity contribution is 5.96. The average Bonchev–Trinajstić information content (AvgIpc) is 3.44. The van der Waals surface area contributed by atoms with Gasteiger partial charge in [0, 0.05) is 41.4 Å². The van der Waals surface area contributed by atoms with E-state index < -0.39 is 23.7 Å². The molecule has 3 aliphatic carbocycles. The lowest BCUT2D eigenvalue weighted by Crippen LogP contribution is -2.47. The molecule has 1 heterocycles. The molecule has 146 valence electrons. The summed E-state index contributed by atoms with van der Waals surface area (Å²) in [7, 11) is 0. The van der Waals surface area contributed by atoms with Crippen molar-refractivity contribution in [3.05, 3.63) is 23.5 Å². The SMILES string of the molecule is CC(Oc1cc(C(=O)NC2(C)CC(=N)C3CC32)ncc1C1CC1)C(F)(F)F. The summed E-state index contributed by atoms with van der Waals surface area (Å²) in [5.74, 6) is 0.304. The molecule has 2 N–H and O–H groups in total. The van der Waals surface area contributed by atoms with Gasteiger partial charge in [-0.2, -0.15) is 13.2 Å². The highest BCUT2D eigenvalue weighted by Gasteiger charge is 2.59. The molecular weight excluding hydrogens is 359 g/mol. The predicted molar refractivity (Wildman–Crippen MR) is 92.2 cm³/mol. The molecule has 4 rings (SSSR count). The summed E-state index contributed by atoms with van der Waals surface area (Å²) >= 11 is 0. The second kappa shape index (κ2) is 5.94. The standard InChI is InChI=1S/C19H22F3N3O2/c1-9(19(20,21)22)27-16-6-15(24-8-12(16)10-3-4-10)17(26)25-18(2)7-14(23)11-5-13(11)18/h6,8-11,13,23H,3-5,7H2,1-2H3,(H,25,26). The second-order valence-corrected chi connectivity index (χ2v) is 8.21. The summed E-state index contributed by atoms with van der Waals surface area (Å²) in [6.07, 6.45) is -1.81. The zero-order valence-corrected chi connectivity index (χ0v) is 15.2. The molecule has 27 heavy (non-hydrogen) atoms. The number of pyridine rings is 1. The summed E-state index contributed by atoms with van der Waals surface area (Å²) in [6.45, 7) is 2.87. The maximum atomic E-state index is 12.9. The molecule has 4 atom stereocenters. The number of amides is 1. The number of hydrogen-bond acceptors (Lipinski definition) is 4. The molecule has 1 amide bonds. The first-order chi connectivity index (χ1) is 12.6. The van der Waals surface area contributed by atoms with E-state index >= 15 is 0 Å². The van der Waals surface area contributed by atoms with Crippen LogP contribution in [0.15, 0.2) is 12.3 Å². The van der Waals surface area contributed by atoms with Gasteiger partial charge in [0.25, 0.3) is 5.91 Å². The topological polar surface area (TPSA) is 75.1 Å². The second-order valence-electron chi connectivity index (χ2n) is 8.21. The van der Waals surface area contributed by atoms with E-state index in [1.807, 2.05) is 6.92 Å². The van der Waals surface area contributed by atoms with Gasteiger partial charge in [0.2, 0.25) is 0 Å². The molecule has 5 nitrogen and oxygen atoms in total. The van der Waals surface area contributed by atoms with E-state index in [1.165, 1.54) is 12.3 Å². The number of carbonyl (C=O) groups excluding carboxylic acids is 1. The Morgan fingerprint density at radius 2 is 2.15 bits per heavy atom. The lowest BCUT2D eigenvalue weighted by Gasteiger charge is -2.27. The van der Waals surface area contributed by atoms with E-state index in [4.69, 9.17) is 10.1 Å². The molecule has 0 saturated heterocycles. The summed E-state index contributed by atoms with van der Waals surface area (Å²) < 4.78 is 43.9. The number of nitrogens with one attached hydrogen (secondary N) is 2. The summed E-state index contributed by atoms with van der Waals surface area (Å²) in [4.78, 5) is 16.9. The van der Waals surface area contributed by atoms with Gasteiger partial charge in [0.05, 0.1) is 0 Å². The first-order valence-corrected chi connectivity index (χ1v) is 9.21. The van der Waals surface area contributed by atoms with Crippen LogP contribution in [0.2, 0.25) is 0 Å². The monoisotopic (exact) mass is 381 g/mol. The van der Waals surface area contributed by atoms with Gasteiger partial charge in [-0.1, -0.05) is 0 Å². The fourth-order valence-corrected chi connectivity index (χ4v) is 4.03. The quantitative estimate of drug-likeness (QED) is 0.814. The average molecular weight is 381 g/mol. The van der Waals surface area contributed by atoms with Gasteiger partial charge >= 0.3 is 6.18 Å². The van der Waals surface area contributed by atoms with Crippen LogP contribution in [0.1, 0.15) is 61.5 Å². The number of nitrogens with zero attached hydrogens (tertiary/aromatic N) is 1. The number of carbonyl (C=O) groups is 1. The molecule has 8 heteroatoms. The van der Waals surface area contributed by atoms with Crippen LogP contribution >= 0.6 is 0 Å². The lowest BCUT2D eigenvalue weighted by atomic mass is 9.95. The number of alkyl halides is 3. The molecule has 0 aliphatic heterocycles. The minimum absolute atomic E-state index is 0.0423. The van der Waals surface area contributed by atoms with Gasteiger partial charge in [0.1, 0.15) is 11.4 Å². The molecule has 3 aliphatic rings. The van der Waals surface area contributed by atoms with Crippen molar-refractivity contribution in [3.8, 4) is 5.75 Å². The number of hydrogen-bond donors (Lipinski definition) is 2. The number of aromatic nitrogens is 1. The third-order valence-corrected chi connectivity index (χ3v) is 5.92. The number of fused-ring (bicyclic) bond motifs is 1. The Bertz CT molecular complexity index is 806. The van der Waals surface area contributed by atoms with Gasteiger partial charge < -0.3 is 15.5 Å². The molecule has 1 aromatic heterocycles. The molecule has 0 spiro atoms. The van der Waals surface area contributed by atoms with Crippen LogP contribution in [0.25, 0.3) is 0 Å². The Balaban J connectivity index is 1.55. The van der Waals surface area contributed by atoms with Crippen LogP contribution in [-0.4, -0.2) is 34.4 Å². The highest BCUT2D eigenvalue weighted by Crippen LogP contribution is 2.55. The third kappa shape index (κ3) is 3.41. The highest BCUT2D eigenvalue weighted by atomic mass is 19.4. The van der Waals surface area contributed by atoms with Gasteiger partial charge in [-0.05, 0) is 44.9 Å². The minimum atomic E-state index is -4.48. The third-order valence-electron chi connectivity index (χ3n) is 5.92. The van der Waals surface area contributed by atoms with Crippen molar-refractivity contribution in [1.29, 1.82) is 5.41 Å². The molecule has 4 unspecified atom stereocenters. The first-order valence-electron chi connectivity index (χ1n) is 9.21. The van der Waals surface area contributed by atoms with Gasteiger partial charge in [0.15, 0.2) is 6.10 Å². The lowest BCUT2D eigenvalue weighted by molar-refractivity contribution is -0.189. The van der Waals surface area contributed by atoms with Crippen LogP contribution in [0.3, 0.4) is 0 Å². The normalized spacial score (nSPS) is 30.6. The van der Waals surface area contributed by atoms with E-state index in [0.717, 1.165) is 26.2 Å². The number of ether oxygens (including phenoxy) is 1. The van der Waals surface area contributed by atoms with Crippen LogP contribution in [0.5, 0.6) is 5.75 Å². The van der Waals surface area contributed by atoms with Crippen molar-refractivity contribution < 1.29 is 22.7 Å². The molecule has 0 aromatic carbocycles. The Kier molecular flexibility index (Phi) is 4.01. The van der Waals surface area contributed by atoms with E-state index in [1.54, 1.807) is 0 Å². The fraction of sp³-hybridized carbons (Fsp3) is 0.632. The summed E-state index contributed by atoms with van der Waals surface area (Å²) in [6, 6.07) is 1.32. The maximum absolute atomic E-state index is 12.9. The Morgan fingerprint density at radius 1 is 1.44 bits per heavy atom. The molecule has 1 aromatic rings. The first kappa shape index (κ1) is 18.3. The largest absolute Gasteiger partial charge is 0.481 e. The number of halogens is 3. The van der Waals surface area contributed by atoms with Crippen LogP contribution < -0.4 is 10.1 Å². The molecule has 0 bridgehead atoms. The number of rotatable bonds is 5. The van der Waals surface area contributed by atoms with Gasteiger partial charge in [-0.15, -0.1) is 0 Å². The van der Waals surface area contributed by atoms with Crippen LogP contribution in [0.4, 0.5) is 13.2 Å². The van der Waals surface area contributed by atoms with Crippen molar-refractivity contribution >= 4 is 11.6 Å². The summed E-state index contributed by atoms with van der Waals surface area (Å²) in [5.41, 5.74) is 0.831. The zero-order chi connectivity index (χ0) is 19.6. The smallest absolute Gasteiger partial charge is 0.425 e. The van der Waals surface area contributed by atoms with Crippen molar-refractivity contribution in [3.63, 3.8) is 0 Å². The predicted octanol–water partition coefficient (Wildman–Crippen LogP) is 3.84. The zero-order valence-electron chi connectivity index (χ0n) is 15.2. The van der Waals surface area contributed by atoms with Crippen molar-refractivity contribution in [2.45, 2.75) is 63.3 Å². The fourth-order valence-electron chi connectivity index (χ4n) is 4.03. The summed E-state index contributed by atoms with van der Waals surface area (Å²) in [5, 5.41) is 10.9. The molecule has 3 fully saturated rings. The van der Waals surface area contributed by atoms with E-state index in [9.17, 15) is 18.0 Å². The Labute approximate surface area is 155 Å². The van der Waals surface area contributed by atoms with Crippen LogP contribution in [-0.2, 0) is 0 Å². The van der Waals surface area contributed by atoms with Gasteiger partial charge in [-0.25, -0.2) is 0 Å². The van der Waals surface area contributed by atoms with Crippen LogP contribution in [0, 0.1) is 17.2 Å². The molecule has 0 radical (unpaired) electrons. The van der Waals surface area contributed by atoms with E-state index in [0.29, 0.717) is 17.7 Å².